The Morgan fingerprint density at radius 2 is 1.30 bits per heavy atom. The summed E-state index contributed by atoms with van der Waals surface area (Å²) in [5.74, 6) is -1.08. The van der Waals surface area contributed by atoms with Crippen LogP contribution in [0.15, 0.2) is 128 Å². The Morgan fingerprint density at radius 1 is 0.761 bits per heavy atom. The Bertz CT molecular complexity index is 1730. The predicted molar refractivity (Wildman–Crippen MR) is 172 cm³/mol. The Balaban J connectivity index is 1.28. The number of aromatic nitrogens is 1. The highest BCUT2D eigenvalue weighted by Gasteiger charge is 2.30. The number of pyridine rings is 1. The van der Waals surface area contributed by atoms with Gasteiger partial charge in [-0.3, -0.25) is 9.78 Å². The van der Waals surface area contributed by atoms with Crippen molar-refractivity contribution in [2.24, 2.45) is 0 Å². The van der Waals surface area contributed by atoms with Gasteiger partial charge in [-0.1, -0.05) is 78.9 Å². The van der Waals surface area contributed by atoms with Crippen LogP contribution in [0, 0.1) is 0 Å². The van der Waals surface area contributed by atoms with Crippen molar-refractivity contribution >= 4 is 17.6 Å². The molecule has 0 fully saturated rings. The summed E-state index contributed by atoms with van der Waals surface area (Å²) in [6, 6.07) is 32.4. The number of amides is 1. The molecule has 0 saturated heterocycles. The van der Waals surface area contributed by atoms with E-state index >= 15 is 0 Å². The molecule has 0 bridgehead atoms. The summed E-state index contributed by atoms with van der Waals surface area (Å²) in [5.41, 5.74) is 4.99. The van der Waals surface area contributed by atoms with E-state index in [1.54, 1.807) is 36.7 Å². The average Bonchev–Trinajstić information content (AvgIpc) is 3.10. The molecule has 1 heterocycles. The summed E-state index contributed by atoms with van der Waals surface area (Å²) in [4.78, 5) is 32.2. The molecule has 0 radical (unpaired) electrons. The first-order chi connectivity index (χ1) is 22.2. The standard InChI is InChI=1S/C37H32F3N3O3/c1-46-36(45)34(42-35(44)31-13-11-29(12-14-31)30-15-17-32(18-16-30)37(38,39)40)25-43(33-19-22-41-23-20-33)24-21-26-7-9-28(10-8-26)27-5-3-2-4-6-27/h2-20,22-23,34H,21,24-25H2,1H3,(H,42,44)/t34-/m0/s1. The zero-order valence-corrected chi connectivity index (χ0v) is 25.1. The maximum atomic E-state index is 13.3. The maximum Gasteiger partial charge on any atom is 0.416 e. The fourth-order valence-corrected chi connectivity index (χ4v) is 5.09. The number of carbonyl (C=O) groups is 2. The largest absolute Gasteiger partial charge is 0.467 e. The van der Waals surface area contributed by atoms with Crippen molar-refractivity contribution in [3.63, 3.8) is 0 Å². The van der Waals surface area contributed by atoms with Crippen LogP contribution in [0.4, 0.5) is 18.9 Å². The van der Waals surface area contributed by atoms with Gasteiger partial charge in [-0.05, 0) is 70.6 Å². The van der Waals surface area contributed by atoms with E-state index in [0.29, 0.717) is 29.7 Å². The number of alkyl halides is 3. The fraction of sp³-hybridized carbons (Fsp3) is 0.162. The van der Waals surface area contributed by atoms with Crippen LogP contribution in [0.1, 0.15) is 21.5 Å². The van der Waals surface area contributed by atoms with Crippen molar-refractivity contribution in [3.05, 3.63) is 144 Å². The molecular weight excluding hydrogens is 591 g/mol. The number of hydrogen-bond donors (Lipinski definition) is 1. The van der Waals surface area contributed by atoms with Gasteiger partial charge in [0.15, 0.2) is 0 Å². The molecule has 0 aliphatic heterocycles. The lowest BCUT2D eigenvalue weighted by Gasteiger charge is -2.29. The Labute approximate surface area is 265 Å². The molecule has 1 N–H and O–H groups in total. The lowest BCUT2D eigenvalue weighted by Crippen LogP contribution is -2.49. The fourth-order valence-electron chi connectivity index (χ4n) is 5.09. The Kier molecular flexibility index (Phi) is 10.1. The zero-order chi connectivity index (χ0) is 32.5. The summed E-state index contributed by atoms with van der Waals surface area (Å²) < 4.78 is 43.8. The van der Waals surface area contributed by atoms with Crippen molar-refractivity contribution in [2.45, 2.75) is 18.6 Å². The molecule has 0 unspecified atom stereocenters. The molecule has 0 saturated carbocycles. The van der Waals surface area contributed by atoms with Gasteiger partial charge in [0, 0.05) is 36.7 Å². The van der Waals surface area contributed by atoms with Crippen molar-refractivity contribution < 1.29 is 27.5 Å². The molecule has 1 aromatic heterocycles. The number of esters is 1. The van der Waals surface area contributed by atoms with E-state index in [-0.39, 0.29) is 6.54 Å². The molecule has 46 heavy (non-hydrogen) atoms. The molecule has 5 rings (SSSR count). The van der Waals surface area contributed by atoms with Crippen molar-refractivity contribution in [3.8, 4) is 22.3 Å². The smallest absolute Gasteiger partial charge is 0.416 e. The number of nitrogens with one attached hydrogen (secondary N) is 1. The number of ether oxygens (including phenoxy) is 1. The van der Waals surface area contributed by atoms with Crippen molar-refractivity contribution in [2.75, 3.05) is 25.1 Å². The molecule has 1 atom stereocenters. The molecule has 234 valence electrons. The summed E-state index contributed by atoms with van der Waals surface area (Å²) in [6.45, 7) is 0.702. The molecule has 0 spiro atoms. The molecule has 0 aliphatic rings. The monoisotopic (exact) mass is 623 g/mol. The zero-order valence-electron chi connectivity index (χ0n) is 25.1. The number of nitrogens with zero attached hydrogens (tertiary/aromatic N) is 2. The summed E-state index contributed by atoms with van der Waals surface area (Å²) in [7, 11) is 1.27. The van der Waals surface area contributed by atoms with E-state index in [2.05, 4.69) is 46.7 Å². The molecule has 4 aromatic carbocycles. The van der Waals surface area contributed by atoms with Crippen molar-refractivity contribution in [1.82, 2.24) is 10.3 Å². The summed E-state index contributed by atoms with van der Waals surface area (Å²) in [6.07, 6.45) is -0.399. The second kappa shape index (κ2) is 14.6. The first-order valence-corrected chi connectivity index (χ1v) is 14.7. The van der Waals surface area contributed by atoms with Gasteiger partial charge in [-0.2, -0.15) is 13.2 Å². The number of anilines is 1. The normalized spacial score (nSPS) is 11.8. The van der Waals surface area contributed by atoms with Crippen LogP contribution in [-0.2, 0) is 22.1 Å². The van der Waals surface area contributed by atoms with Crippen molar-refractivity contribution in [1.29, 1.82) is 0 Å². The lowest BCUT2D eigenvalue weighted by atomic mass is 10.0. The molecule has 9 heteroatoms. The van der Waals surface area contributed by atoms with Gasteiger partial charge in [0.1, 0.15) is 6.04 Å². The second-order valence-corrected chi connectivity index (χ2v) is 10.7. The third kappa shape index (κ3) is 8.18. The van der Waals surface area contributed by atoms with Gasteiger partial charge in [-0.15, -0.1) is 0 Å². The van der Waals surface area contributed by atoms with Crippen LogP contribution in [-0.4, -0.2) is 43.1 Å². The molecule has 0 aliphatic carbocycles. The van der Waals surface area contributed by atoms with E-state index < -0.39 is 29.7 Å². The highest BCUT2D eigenvalue weighted by molar-refractivity contribution is 5.97. The van der Waals surface area contributed by atoms with Gasteiger partial charge in [0.2, 0.25) is 0 Å². The van der Waals surface area contributed by atoms with Gasteiger partial charge in [-0.25, -0.2) is 4.79 Å². The van der Waals surface area contributed by atoms with E-state index in [0.717, 1.165) is 34.5 Å². The Hall–Kier alpha value is -5.44. The van der Waals surface area contributed by atoms with Crippen LogP contribution in [0.3, 0.4) is 0 Å². The van der Waals surface area contributed by atoms with E-state index in [1.807, 2.05) is 35.2 Å². The number of hydrogen-bond acceptors (Lipinski definition) is 5. The van der Waals surface area contributed by atoms with Crippen LogP contribution < -0.4 is 10.2 Å². The van der Waals surface area contributed by atoms with Crippen LogP contribution in [0.25, 0.3) is 22.3 Å². The van der Waals surface area contributed by atoms with Crippen LogP contribution in [0.5, 0.6) is 0 Å². The van der Waals surface area contributed by atoms with Gasteiger partial charge >= 0.3 is 12.1 Å². The van der Waals surface area contributed by atoms with Gasteiger partial charge in [0.25, 0.3) is 5.91 Å². The number of rotatable bonds is 11. The average molecular weight is 624 g/mol. The van der Waals surface area contributed by atoms with E-state index in [4.69, 9.17) is 4.74 Å². The molecule has 6 nitrogen and oxygen atoms in total. The Morgan fingerprint density at radius 3 is 1.87 bits per heavy atom. The maximum absolute atomic E-state index is 13.3. The minimum absolute atomic E-state index is 0.147. The molecule has 1 amide bonds. The first kappa shape index (κ1) is 32.0. The number of methoxy groups -OCH3 is 1. The molecular formula is C37H32F3N3O3. The predicted octanol–water partition coefficient (Wildman–Crippen LogP) is 7.46. The number of benzene rings is 4. The lowest BCUT2D eigenvalue weighted by molar-refractivity contribution is -0.142. The number of carbonyl (C=O) groups excluding carboxylic acids is 2. The topological polar surface area (TPSA) is 71.5 Å². The van der Waals surface area contributed by atoms with Crippen LogP contribution in [0.2, 0.25) is 0 Å². The third-order valence-corrected chi connectivity index (χ3v) is 7.65. The van der Waals surface area contributed by atoms with Gasteiger partial charge < -0.3 is 15.0 Å². The van der Waals surface area contributed by atoms with E-state index in [9.17, 15) is 22.8 Å². The third-order valence-electron chi connectivity index (χ3n) is 7.65. The minimum atomic E-state index is -4.42. The van der Waals surface area contributed by atoms with E-state index in [1.165, 1.54) is 19.2 Å². The quantitative estimate of drug-likeness (QED) is 0.155. The minimum Gasteiger partial charge on any atom is -0.467 e. The summed E-state index contributed by atoms with van der Waals surface area (Å²) in [5, 5.41) is 2.80. The second-order valence-electron chi connectivity index (χ2n) is 10.7. The highest BCUT2D eigenvalue weighted by atomic mass is 19.4. The van der Waals surface area contributed by atoms with Crippen LogP contribution >= 0.6 is 0 Å². The summed E-state index contributed by atoms with van der Waals surface area (Å²) >= 11 is 0. The SMILES string of the molecule is COC(=O)[C@H](CN(CCc1ccc(-c2ccccc2)cc1)c1ccncc1)NC(=O)c1ccc(-c2ccc(C(F)(F)F)cc2)cc1. The highest BCUT2D eigenvalue weighted by Crippen LogP contribution is 2.31. The first-order valence-electron chi connectivity index (χ1n) is 14.7. The number of halogens is 3. The molecule has 5 aromatic rings. The van der Waals surface area contributed by atoms with Gasteiger partial charge in [0.05, 0.1) is 12.7 Å².